The Balaban J connectivity index is 0.00000180. The first-order valence-corrected chi connectivity index (χ1v) is 7.49. The van der Waals surface area contributed by atoms with Crippen molar-refractivity contribution in [1.29, 1.82) is 0 Å². The van der Waals surface area contributed by atoms with Crippen molar-refractivity contribution in [3.63, 3.8) is 0 Å². The van der Waals surface area contributed by atoms with Gasteiger partial charge in [0.1, 0.15) is 0 Å². The topological polar surface area (TPSA) is 46.3 Å². The van der Waals surface area contributed by atoms with Crippen LogP contribution in [0, 0.1) is 0 Å². The lowest BCUT2D eigenvalue weighted by molar-refractivity contribution is -0.137. The second-order valence-corrected chi connectivity index (χ2v) is 6.88. The molecule has 1 aromatic heterocycles. The lowest BCUT2D eigenvalue weighted by Gasteiger charge is -2.35. The Morgan fingerprint density at radius 2 is 2.05 bits per heavy atom. The molecule has 0 aromatic carbocycles. The number of carbonyl (C=O) groups is 1. The van der Waals surface area contributed by atoms with Crippen molar-refractivity contribution < 1.29 is 4.79 Å². The summed E-state index contributed by atoms with van der Waals surface area (Å²) in [5.74, 6) is 0.0618. The van der Waals surface area contributed by atoms with Crippen LogP contribution in [0.2, 0.25) is 4.34 Å². The maximum atomic E-state index is 12.4. The summed E-state index contributed by atoms with van der Waals surface area (Å²) >= 11 is 7.40. The number of thiophene rings is 1. The number of nitrogens with two attached hydrogens (primary N) is 1. The summed E-state index contributed by atoms with van der Waals surface area (Å²) in [6.45, 7) is 0.592. The largest absolute Gasteiger partial charge is 0.339 e. The SMILES string of the molecule is CN(Cc1ccc(Cl)s1)C(=O)C1(N)CCCCC1.Cl. The molecule has 2 rings (SSSR count). The molecular formula is C13H20Cl2N2OS. The first-order chi connectivity index (χ1) is 8.51. The van der Waals surface area contributed by atoms with Gasteiger partial charge in [-0.1, -0.05) is 30.9 Å². The van der Waals surface area contributed by atoms with Crippen LogP contribution in [-0.2, 0) is 11.3 Å². The lowest BCUT2D eigenvalue weighted by Crippen LogP contribution is -2.55. The maximum Gasteiger partial charge on any atom is 0.242 e. The van der Waals surface area contributed by atoms with Gasteiger partial charge in [0.15, 0.2) is 0 Å². The van der Waals surface area contributed by atoms with E-state index < -0.39 is 5.54 Å². The first kappa shape index (κ1) is 16.8. The second kappa shape index (κ2) is 6.93. The molecule has 2 N–H and O–H groups in total. The van der Waals surface area contributed by atoms with E-state index >= 15 is 0 Å². The molecule has 1 amide bonds. The molecule has 0 saturated heterocycles. The molecule has 0 radical (unpaired) electrons. The van der Waals surface area contributed by atoms with Crippen LogP contribution in [0.25, 0.3) is 0 Å². The third-order valence-electron chi connectivity index (χ3n) is 3.54. The molecule has 1 aliphatic carbocycles. The Hall–Kier alpha value is -0.290. The Kier molecular flexibility index (Phi) is 6.12. The van der Waals surface area contributed by atoms with E-state index in [1.165, 1.54) is 17.8 Å². The number of hydrogen-bond acceptors (Lipinski definition) is 3. The van der Waals surface area contributed by atoms with Gasteiger partial charge in [0, 0.05) is 11.9 Å². The Morgan fingerprint density at radius 1 is 1.42 bits per heavy atom. The predicted molar refractivity (Wildman–Crippen MR) is 83.1 cm³/mol. The van der Waals surface area contributed by atoms with Crippen molar-refractivity contribution in [2.45, 2.75) is 44.2 Å². The van der Waals surface area contributed by atoms with Gasteiger partial charge in [-0.05, 0) is 25.0 Å². The zero-order valence-electron chi connectivity index (χ0n) is 11.0. The van der Waals surface area contributed by atoms with Crippen molar-refractivity contribution in [1.82, 2.24) is 4.90 Å². The summed E-state index contributed by atoms with van der Waals surface area (Å²) in [6.07, 6.45) is 4.92. The summed E-state index contributed by atoms with van der Waals surface area (Å²) in [6, 6.07) is 3.82. The van der Waals surface area contributed by atoms with Crippen LogP contribution in [0.3, 0.4) is 0 Å². The number of amides is 1. The van der Waals surface area contributed by atoms with Crippen LogP contribution in [-0.4, -0.2) is 23.4 Å². The number of carbonyl (C=O) groups excluding carboxylic acids is 1. The van der Waals surface area contributed by atoms with Crippen molar-refractivity contribution in [3.05, 3.63) is 21.3 Å². The molecule has 1 saturated carbocycles. The average molecular weight is 323 g/mol. The quantitative estimate of drug-likeness (QED) is 0.926. The Morgan fingerprint density at radius 3 is 2.58 bits per heavy atom. The minimum absolute atomic E-state index is 0. The zero-order chi connectivity index (χ0) is 13.2. The summed E-state index contributed by atoms with van der Waals surface area (Å²) in [5, 5.41) is 0. The normalized spacial score (nSPS) is 17.6. The summed E-state index contributed by atoms with van der Waals surface area (Å²) in [5.41, 5.74) is 5.60. The molecule has 108 valence electrons. The number of hydrogen-bond donors (Lipinski definition) is 1. The summed E-state index contributed by atoms with van der Waals surface area (Å²) in [4.78, 5) is 15.2. The number of rotatable bonds is 3. The van der Waals surface area contributed by atoms with E-state index in [-0.39, 0.29) is 18.3 Å². The van der Waals surface area contributed by atoms with Gasteiger partial charge in [0.2, 0.25) is 5.91 Å². The van der Waals surface area contributed by atoms with E-state index in [4.69, 9.17) is 17.3 Å². The summed E-state index contributed by atoms with van der Waals surface area (Å²) in [7, 11) is 1.82. The molecule has 1 fully saturated rings. The zero-order valence-corrected chi connectivity index (χ0v) is 13.4. The van der Waals surface area contributed by atoms with Crippen LogP contribution in [0.15, 0.2) is 12.1 Å². The fraction of sp³-hybridized carbons (Fsp3) is 0.615. The molecule has 0 bridgehead atoms. The van der Waals surface area contributed by atoms with Crippen LogP contribution in [0.5, 0.6) is 0 Å². The third kappa shape index (κ3) is 4.09. The van der Waals surface area contributed by atoms with Crippen LogP contribution in [0.4, 0.5) is 0 Å². The number of likely N-dealkylation sites (N-methyl/N-ethyl adjacent to an activating group) is 1. The van der Waals surface area contributed by atoms with E-state index in [2.05, 4.69) is 0 Å². The van der Waals surface area contributed by atoms with E-state index in [9.17, 15) is 4.79 Å². The van der Waals surface area contributed by atoms with Gasteiger partial charge in [-0.25, -0.2) is 0 Å². The molecule has 19 heavy (non-hydrogen) atoms. The predicted octanol–water partition coefficient (Wildman–Crippen LogP) is 3.44. The smallest absolute Gasteiger partial charge is 0.242 e. The lowest BCUT2D eigenvalue weighted by atomic mass is 9.81. The highest BCUT2D eigenvalue weighted by atomic mass is 35.5. The van der Waals surface area contributed by atoms with Gasteiger partial charge < -0.3 is 10.6 Å². The van der Waals surface area contributed by atoms with E-state index in [0.717, 1.165) is 34.9 Å². The van der Waals surface area contributed by atoms with Crippen LogP contribution >= 0.6 is 35.3 Å². The summed E-state index contributed by atoms with van der Waals surface area (Å²) < 4.78 is 0.756. The molecule has 6 heteroatoms. The fourth-order valence-corrected chi connectivity index (χ4v) is 3.66. The minimum Gasteiger partial charge on any atom is -0.339 e. The highest BCUT2D eigenvalue weighted by molar-refractivity contribution is 7.16. The molecule has 1 aliphatic rings. The molecule has 1 aromatic rings. The van der Waals surface area contributed by atoms with Gasteiger partial charge in [-0.15, -0.1) is 23.7 Å². The third-order valence-corrected chi connectivity index (χ3v) is 4.76. The molecule has 3 nitrogen and oxygen atoms in total. The van der Waals surface area contributed by atoms with Crippen molar-refractivity contribution in [2.75, 3.05) is 7.05 Å². The van der Waals surface area contributed by atoms with Crippen LogP contribution < -0.4 is 5.73 Å². The highest BCUT2D eigenvalue weighted by Crippen LogP contribution is 2.29. The number of halogens is 2. The fourth-order valence-electron chi connectivity index (χ4n) is 2.52. The molecule has 0 spiro atoms. The first-order valence-electron chi connectivity index (χ1n) is 6.30. The minimum atomic E-state index is -0.645. The molecular weight excluding hydrogens is 303 g/mol. The van der Waals surface area contributed by atoms with Crippen molar-refractivity contribution in [2.24, 2.45) is 5.73 Å². The number of nitrogens with zero attached hydrogens (tertiary/aromatic N) is 1. The maximum absolute atomic E-state index is 12.4. The van der Waals surface area contributed by atoms with Crippen molar-refractivity contribution in [3.8, 4) is 0 Å². The molecule has 0 unspecified atom stereocenters. The Bertz CT molecular complexity index is 430. The average Bonchev–Trinajstić information content (AvgIpc) is 2.74. The van der Waals surface area contributed by atoms with Crippen LogP contribution in [0.1, 0.15) is 37.0 Å². The monoisotopic (exact) mass is 322 g/mol. The van der Waals surface area contributed by atoms with Gasteiger partial charge in [0.05, 0.1) is 16.4 Å². The van der Waals surface area contributed by atoms with Gasteiger partial charge >= 0.3 is 0 Å². The van der Waals surface area contributed by atoms with E-state index in [1.807, 2.05) is 19.2 Å². The van der Waals surface area contributed by atoms with E-state index in [0.29, 0.717) is 6.54 Å². The highest BCUT2D eigenvalue weighted by Gasteiger charge is 2.37. The standard InChI is InChI=1S/C13H19ClN2OS.ClH/c1-16(9-10-5-6-11(14)18-10)12(17)13(15)7-3-2-4-8-13;/h5-6H,2-4,7-9,15H2,1H3;1H. The Labute approximate surface area is 129 Å². The van der Waals surface area contributed by atoms with Gasteiger partial charge in [0.25, 0.3) is 0 Å². The van der Waals surface area contributed by atoms with Gasteiger partial charge in [-0.3, -0.25) is 4.79 Å². The van der Waals surface area contributed by atoms with Gasteiger partial charge in [-0.2, -0.15) is 0 Å². The van der Waals surface area contributed by atoms with Crippen molar-refractivity contribution >= 4 is 41.3 Å². The van der Waals surface area contributed by atoms with E-state index in [1.54, 1.807) is 4.90 Å². The molecule has 0 atom stereocenters. The second-order valence-electron chi connectivity index (χ2n) is 5.08. The molecule has 1 heterocycles. The molecule has 0 aliphatic heterocycles.